The van der Waals surface area contributed by atoms with E-state index < -0.39 is 5.60 Å². The summed E-state index contributed by atoms with van der Waals surface area (Å²) in [5.41, 5.74) is -0.0682. The largest absolute Gasteiger partial charge is 0.478 e. The maximum absolute atomic E-state index is 13.3. The van der Waals surface area contributed by atoms with Crippen molar-refractivity contribution in [2.45, 2.75) is 84.2 Å². The number of nitrogens with zero attached hydrogens (tertiary/aromatic N) is 2. The van der Waals surface area contributed by atoms with Gasteiger partial charge in [-0.05, 0) is 127 Å². The zero-order valence-electron chi connectivity index (χ0n) is 36.4. The lowest BCUT2D eigenvalue weighted by Gasteiger charge is -2.29. The lowest BCUT2D eigenvalue weighted by molar-refractivity contribution is -0.134. The van der Waals surface area contributed by atoms with Gasteiger partial charge in [-0.3, -0.25) is 19.3 Å². The third kappa shape index (κ3) is 22.2. The fourth-order valence-electron chi connectivity index (χ4n) is 6.41. The summed E-state index contributed by atoms with van der Waals surface area (Å²) in [6.07, 6.45) is 34.2. The normalized spacial score (nSPS) is 14.2. The van der Waals surface area contributed by atoms with Gasteiger partial charge in [0.1, 0.15) is 5.75 Å². The van der Waals surface area contributed by atoms with Crippen molar-refractivity contribution in [3.63, 3.8) is 0 Å². The molecular weight excluding hydrogens is 770 g/mol. The SMILES string of the molecule is CC/C=C\C/C=C\C/C=C\C/C=C\C/C=C\C/C=C\CCC(=O)NCCN(CCCN1CCNCC1)CCNC(=O)C(C)(C)Oc1ccc(C(=O)c2ccc(Cl)cc2)cc1. The highest BCUT2D eigenvalue weighted by Gasteiger charge is 2.30. The number of hydrogen-bond acceptors (Lipinski definition) is 7. The summed E-state index contributed by atoms with van der Waals surface area (Å²) < 4.78 is 6.07. The molecule has 1 fully saturated rings. The van der Waals surface area contributed by atoms with E-state index in [2.05, 4.69) is 106 Å². The predicted molar refractivity (Wildman–Crippen MR) is 250 cm³/mol. The van der Waals surface area contributed by atoms with E-state index >= 15 is 0 Å². The average Bonchev–Trinajstić information content (AvgIpc) is 3.24. The minimum Gasteiger partial charge on any atom is -0.478 e. The molecule has 1 aliphatic rings. The number of benzene rings is 2. The van der Waals surface area contributed by atoms with Gasteiger partial charge in [0, 0.05) is 74.9 Å². The fourth-order valence-corrected chi connectivity index (χ4v) is 6.53. The molecule has 2 aromatic rings. The van der Waals surface area contributed by atoms with Crippen LogP contribution in [0.3, 0.4) is 0 Å². The van der Waals surface area contributed by atoms with Crippen LogP contribution in [0.4, 0.5) is 0 Å². The first-order chi connectivity index (χ1) is 29.2. The van der Waals surface area contributed by atoms with Gasteiger partial charge in [0.25, 0.3) is 5.91 Å². The van der Waals surface area contributed by atoms with Crippen molar-refractivity contribution >= 4 is 29.2 Å². The number of halogens is 1. The second kappa shape index (κ2) is 30.5. The zero-order valence-corrected chi connectivity index (χ0v) is 37.1. The molecule has 0 saturated carbocycles. The Morgan fingerprint density at radius 3 is 1.77 bits per heavy atom. The fraction of sp³-hybridized carbons (Fsp3) is 0.460. The Kier molecular flexibility index (Phi) is 25.3. The molecule has 0 bridgehead atoms. The highest BCUT2D eigenvalue weighted by Crippen LogP contribution is 2.21. The molecule has 10 heteroatoms. The first-order valence-corrected chi connectivity index (χ1v) is 22.3. The van der Waals surface area contributed by atoms with Crippen LogP contribution in [-0.2, 0) is 9.59 Å². The van der Waals surface area contributed by atoms with Crippen molar-refractivity contribution in [3.8, 4) is 5.75 Å². The molecule has 3 rings (SSSR count). The van der Waals surface area contributed by atoms with Gasteiger partial charge in [0.05, 0.1) is 0 Å². The standard InChI is InChI=1S/C50H70ClN5O4/c1-4-5-6-7-8-9-10-11-12-13-14-15-16-17-18-19-20-21-22-24-47(57)53-35-41-56(38-23-37-55-39-33-52-34-40-55)42-36-54-49(59)50(2,3)60-46-31-27-44(28-32-46)48(58)43-25-29-45(51)30-26-43/h5-6,8-9,11-12,14-15,17-18,20-21,25-32,52H,4,7,10,13,16,19,22-24,33-42H2,1-3H3,(H,53,57)(H,54,59)/b6-5-,9-8-,12-11-,15-14-,18-17-,21-20-. The number of piperazine rings is 1. The maximum Gasteiger partial charge on any atom is 0.263 e. The average molecular weight is 841 g/mol. The van der Waals surface area contributed by atoms with Crippen LogP contribution in [0, 0.1) is 0 Å². The molecular formula is C50H70ClN5O4. The smallest absolute Gasteiger partial charge is 0.263 e. The second-order valence-corrected chi connectivity index (χ2v) is 15.8. The van der Waals surface area contributed by atoms with Crippen molar-refractivity contribution in [1.29, 1.82) is 0 Å². The van der Waals surface area contributed by atoms with Crippen LogP contribution in [0.1, 0.15) is 94.5 Å². The molecule has 0 atom stereocenters. The van der Waals surface area contributed by atoms with Crippen molar-refractivity contribution < 1.29 is 19.1 Å². The molecule has 0 radical (unpaired) electrons. The van der Waals surface area contributed by atoms with Gasteiger partial charge in [0.15, 0.2) is 11.4 Å². The summed E-state index contributed by atoms with van der Waals surface area (Å²) in [5, 5.41) is 10.1. The number of ether oxygens (including phenoxy) is 1. The Labute approximate surface area is 365 Å². The predicted octanol–water partition coefficient (Wildman–Crippen LogP) is 9.04. The Balaban J connectivity index is 1.33. The van der Waals surface area contributed by atoms with E-state index in [1.54, 1.807) is 62.4 Å². The van der Waals surface area contributed by atoms with E-state index in [1.165, 1.54) is 0 Å². The highest BCUT2D eigenvalue weighted by atomic mass is 35.5. The summed E-state index contributed by atoms with van der Waals surface area (Å²) >= 11 is 5.96. The summed E-state index contributed by atoms with van der Waals surface area (Å²) in [5.74, 6) is 0.194. The molecule has 0 aromatic heterocycles. The van der Waals surface area contributed by atoms with Crippen LogP contribution in [0.25, 0.3) is 0 Å². The van der Waals surface area contributed by atoms with Gasteiger partial charge in [-0.25, -0.2) is 0 Å². The Bertz CT molecular complexity index is 1710. The first-order valence-electron chi connectivity index (χ1n) is 21.9. The number of carbonyl (C=O) groups excluding carboxylic acids is 3. The molecule has 0 spiro atoms. The van der Waals surface area contributed by atoms with Crippen LogP contribution in [0.2, 0.25) is 5.02 Å². The van der Waals surface area contributed by atoms with E-state index in [0.29, 0.717) is 60.9 Å². The number of ketones is 1. The van der Waals surface area contributed by atoms with E-state index in [4.69, 9.17) is 16.3 Å². The molecule has 60 heavy (non-hydrogen) atoms. The van der Waals surface area contributed by atoms with E-state index in [-0.39, 0.29) is 17.6 Å². The Morgan fingerprint density at radius 2 is 1.22 bits per heavy atom. The van der Waals surface area contributed by atoms with E-state index in [0.717, 1.165) is 84.2 Å². The van der Waals surface area contributed by atoms with Gasteiger partial charge in [0.2, 0.25) is 5.91 Å². The quantitative estimate of drug-likeness (QED) is 0.0555. The molecule has 0 aliphatic carbocycles. The van der Waals surface area contributed by atoms with Gasteiger partial charge >= 0.3 is 0 Å². The number of amides is 2. The third-order valence-electron chi connectivity index (χ3n) is 9.90. The molecule has 1 heterocycles. The van der Waals surface area contributed by atoms with Crippen LogP contribution in [0.15, 0.2) is 121 Å². The second-order valence-electron chi connectivity index (χ2n) is 15.3. The molecule has 0 unspecified atom stereocenters. The Morgan fingerprint density at radius 1 is 0.717 bits per heavy atom. The van der Waals surface area contributed by atoms with Crippen molar-refractivity contribution in [3.05, 3.63) is 138 Å². The van der Waals surface area contributed by atoms with Crippen molar-refractivity contribution in [2.24, 2.45) is 0 Å². The lowest BCUT2D eigenvalue weighted by atomic mass is 10.0. The zero-order chi connectivity index (χ0) is 43.1. The molecule has 2 aromatic carbocycles. The summed E-state index contributed by atoms with van der Waals surface area (Å²) in [6, 6.07) is 13.6. The number of carbonyl (C=O) groups is 3. The molecule has 2 amide bonds. The van der Waals surface area contributed by atoms with Crippen LogP contribution in [-0.4, -0.2) is 98.4 Å². The third-order valence-corrected chi connectivity index (χ3v) is 10.2. The number of hydrogen-bond donors (Lipinski definition) is 3. The number of allylic oxidation sites excluding steroid dienone is 12. The molecule has 3 N–H and O–H groups in total. The summed E-state index contributed by atoms with van der Waals surface area (Å²) in [4.78, 5) is 43.5. The van der Waals surface area contributed by atoms with Gasteiger partial charge in [-0.1, -0.05) is 91.4 Å². The van der Waals surface area contributed by atoms with Crippen molar-refractivity contribution in [2.75, 3.05) is 65.4 Å². The van der Waals surface area contributed by atoms with Crippen LogP contribution in [0.5, 0.6) is 5.75 Å². The lowest BCUT2D eigenvalue weighted by Crippen LogP contribution is -2.49. The van der Waals surface area contributed by atoms with Gasteiger partial charge in [-0.15, -0.1) is 0 Å². The topological polar surface area (TPSA) is 103 Å². The minimum absolute atomic E-state index is 0.0462. The van der Waals surface area contributed by atoms with Crippen LogP contribution < -0.4 is 20.7 Å². The molecule has 1 aliphatic heterocycles. The molecule has 326 valence electrons. The molecule has 1 saturated heterocycles. The summed E-state index contributed by atoms with van der Waals surface area (Å²) in [6.45, 7) is 14.0. The van der Waals surface area contributed by atoms with E-state index in [9.17, 15) is 14.4 Å². The monoisotopic (exact) mass is 840 g/mol. The van der Waals surface area contributed by atoms with Gasteiger partial charge < -0.3 is 25.6 Å². The van der Waals surface area contributed by atoms with Crippen LogP contribution >= 0.6 is 11.6 Å². The van der Waals surface area contributed by atoms with Crippen molar-refractivity contribution in [1.82, 2.24) is 25.8 Å². The maximum atomic E-state index is 13.3. The number of nitrogens with one attached hydrogen (secondary N) is 3. The Hall–Kier alpha value is -4.54. The minimum atomic E-state index is -1.13. The number of rotatable bonds is 29. The summed E-state index contributed by atoms with van der Waals surface area (Å²) in [7, 11) is 0. The highest BCUT2D eigenvalue weighted by molar-refractivity contribution is 6.30. The van der Waals surface area contributed by atoms with E-state index in [1.807, 2.05) is 0 Å². The van der Waals surface area contributed by atoms with Gasteiger partial charge in [-0.2, -0.15) is 0 Å². The molecule has 9 nitrogen and oxygen atoms in total. The first kappa shape index (κ1) is 49.8.